The van der Waals surface area contributed by atoms with Gasteiger partial charge in [-0.1, -0.05) is 29.5 Å². The summed E-state index contributed by atoms with van der Waals surface area (Å²) in [6.45, 7) is 1.94. The third kappa shape index (κ3) is 3.04. The van der Waals surface area contributed by atoms with E-state index >= 15 is 0 Å². The van der Waals surface area contributed by atoms with Crippen molar-refractivity contribution >= 4 is 11.0 Å². The maximum atomic E-state index is 13.6. The molecule has 0 saturated heterocycles. The monoisotopic (exact) mass is 398 g/mol. The Hall–Kier alpha value is -3.87. The predicted octanol–water partition coefficient (Wildman–Crippen LogP) is 4.31. The zero-order chi connectivity index (χ0) is 20.7. The van der Waals surface area contributed by atoms with Gasteiger partial charge in [0.2, 0.25) is 0 Å². The van der Waals surface area contributed by atoms with E-state index in [1.54, 1.807) is 23.0 Å². The molecule has 5 rings (SSSR count). The zero-order valence-electron chi connectivity index (χ0n) is 16.6. The molecule has 0 aliphatic heterocycles. The van der Waals surface area contributed by atoms with Crippen molar-refractivity contribution < 1.29 is 4.39 Å². The van der Waals surface area contributed by atoms with Crippen LogP contribution in [0.25, 0.3) is 22.3 Å². The Balaban J connectivity index is 1.72. The van der Waals surface area contributed by atoms with E-state index in [2.05, 4.69) is 30.9 Å². The molecule has 0 radical (unpaired) electrons. The molecule has 0 saturated carbocycles. The number of pyridine rings is 1. The lowest BCUT2D eigenvalue weighted by Gasteiger charge is -2.20. The molecule has 148 valence electrons. The molecular weight excluding hydrogens is 379 g/mol. The van der Waals surface area contributed by atoms with Crippen molar-refractivity contribution in [3.63, 3.8) is 0 Å². The third-order valence-corrected chi connectivity index (χ3v) is 5.28. The number of aromatic nitrogens is 6. The van der Waals surface area contributed by atoms with Crippen LogP contribution in [0.1, 0.15) is 23.0 Å². The number of hydrogen-bond acceptors (Lipinski definition) is 4. The molecule has 1 unspecified atom stereocenters. The summed E-state index contributed by atoms with van der Waals surface area (Å²) in [6.07, 6.45) is 3.58. The van der Waals surface area contributed by atoms with Crippen molar-refractivity contribution in [3.05, 3.63) is 96.0 Å². The van der Waals surface area contributed by atoms with Crippen LogP contribution < -0.4 is 0 Å². The van der Waals surface area contributed by atoms with Crippen molar-refractivity contribution in [3.8, 4) is 11.3 Å². The number of benzene rings is 2. The van der Waals surface area contributed by atoms with E-state index < -0.39 is 0 Å². The molecule has 5 aromatic rings. The SMILES string of the molecule is Cc1nnn(C)c1-c1ccc2ncn(C(c3ccc(F)cc3)c3ccccn3)c2c1. The minimum atomic E-state index is -0.268. The minimum Gasteiger partial charge on any atom is -0.317 e. The second-order valence-corrected chi connectivity index (χ2v) is 7.21. The normalized spacial score (nSPS) is 12.4. The highest BCUT2D eigenvalue weighted by Crippen LogP contribution is 2.31. The lowest BCUT2D eigenvalue weighted by atomic mass is 10.0. The molecule has 2 aromatic carbocycles. The molecule has 0 spiro atoms. The Kier molecular flexibility index (Phi) is 4.35. The molecular formula is C23H19FN6. The van der Waals surface area contributed by atoms with Gasteiger partial charge in [0, 0.05) is 18.8 Å². The second kappa shape index (κ2) is 7.18. The Bertz CT molecular complexity index is 1300. The van der Waals surface area contributed by atoms with E-state index in [0.29, 0.717) is 0 Å². The first-order chi connectivity index (χ1) is 14.6. The molecule has 0 bridgehead atoms. The second-order valence-electron chi connectivity index (χ2n) is 7.21. The molecule has 3 heterocycles. The summed E-state index contributed by atoms with van der Waals surface area (Å²) in [5.41, 5.74) is 6.43. The first kappa shape index (κ1) is 18.2. The van der Waals surface area contributed by atoms with Gasteiger partial charge >= 0.3 is 0 Å². The van der Waals surface area contributed by atoms with Gasteiger partial charge in [0.25, 0.3) is 0 Å². The van der Waals surface area contributed by atoms with E-state index in [4.69, 9.17) is 0 Å². The highest BCUT2D eigenvalue weighted by Gasteiger charge is 2.21. The molecule has 3 aromatic heterocycles. The molecule has 7 heteroatoms. The molecule has 0 aliphatic rings. The summed E-state index contributed by atoms with van der Waals surface area (Å²) >= 11 is 0. The molecule has 0 aliphatic carbocycles. The van der Waals surface area contributed by atoms with Crippen LogP contribution in [0.15, 0.2) is 73.2 Å². The fraction of sp³-hybridized carbons (Fsp3) is 0.130. The van der Waals surface area contributed by atoms with Crippen LogP contribution in [-0.2, 0) is 7.05 Å². The molecule has 6 nitrogen and oxygen atoms in total. The fourth-order valence-corrected chi connectivity index (χ4v) is 3.89. The van der Waals surface area contributed by atoms with E-state index in [1.165, 1.54) is 12.1 Å². The molecule has 0 fully saturated rings. The van der Waals surface area contributed by atoms with Gasteiger partial charge in [-0.2, -0.15) is 0 Å². The Morgan fingerprint density at radius 2 is 1.80 bits per heavy atom. The van der Waals surface area contributed by atoms with Gasteiger partial charge in [-0.25, -0.2) is 14.1 Å². The van der Waals surface area contributed by atoms with Gasteiger partial charge in [-0.15, -0.1) is 5.10 Å². The summed E-state index contributed by atoms with van der Waals surface area (Å²) in [7, 11) is 1.88. The first-order valence-electron chi connectivity index (χ1n) is 9.61. The number of rotatable bonds is 4. The van der Waals surface area contributed by atoms with Crippen LogP contribution in [0.4, 0.5) is 4.39 Å². The van der Waals surface area contributed by atoms with Crippen molar-refractivity contribution in [2.24, 2.45) is 7.05 Å². The van der Waals surface area contributed by atoms with Gasteiger partial charge in [-0.3, -0.25) is 4.98 Å². The zero-order valence-corrected chi connectivity index (χ0v) is 16.6. The first-order valence-corrected chi connectivity index (χ1v) is 9.61. The van der Waals surface area contributed by atoms with Gasteiger partial charge in [0.05, 0.1) is 34.4 Å². The van der Waals surface area contributed by atoms with Crippen LogP contribution in [0.2, 0.25) is 0 Å². The number of halogens is 1. The van der Waals surface area contributed by atoms with E-state index in [9.17, 15) is 4.39 Å². The van der Waals surface area contributed by atoms with Crippen LogP contribution >= 0.6 is 0 Å². The van der Waals surface area contributed by atoms with Gasteiger partial charge in [-0.05, 0) is 48.9 Å². The van der Waals surface area contributed by atoms with E-state index in [-0.39, 0.29) is 11.9 Å². The average Bonchev–Trinajstić information content (AvgIpc) is 3.33. The molecule has 0 amide bonds. The number of nitrogens with zero attached hydrogens (tertiary/aromatic N) is 6. The highest BCUT2D eigenvalue weighted by molar-refractivity contribution is 5.82. The molecule has 30 heavy (non-hydrogen) atoms. The van der Waals surface area contributed by atoms with Gasteiger partial charge in [0.15, 0.2) is 0 Å². The van der Waals surface area contributed by atoms with Gasteiger partial charge in [0.1, 0.15) is 11.9 Å². The Morgan fingerprint density at radius 1 is 0.967 bits per heavy atom. The Morgan fingerprint density at radius 3 is 2.50 bits per heavy atom. The van der Waals surface area contributed by atoms with Crippen molar-refractivity contribution in [2.75, 3.05) is 0 Å². The summed E-state index contributed by atoms with van der Waals surface area (Å²) in [6, 6.07) is 18.2. The number of hydrogen-bond donors (Lipinski definition) is 0. The van der Waals surface area contributed by atoms with Crippen molar-refractivity contribution in [1.29, 1.82) is 0 Å². The summed E-state index contributed by atoms with van der Waals surface area (Å²) in [4.78, 5) is 9.17. The standard InChI is InChI=1S/C23H19FN6/c1-15-22(29(2)28-27-15)17-8-11-19-21(13-17)30(14-26-19)23(20-5-3-4-12-25-20)16-6-9-18(24)10-7-16/h3-14,23H,1-2H3. The lowest BCUT2D eigenvalue weighted by molar-refractivity contribution is 0.622. The lowest BCUT2D eigenvalue weighted by Crippen LogP contribution is -2.13. The van der Waals surface area contributed by atoms with Crippen LogP contribution in [0.3, 0.4) is 0 Å². The van der Waals surface area contributed by atoms with E-state index in [1.807, 2.05) is 50.6 Å². The summed E-state index contributed by atoms with van der Waals surface area (Å²) in [5, 5.41) is 8.29. The largest absolute Gasteiger partial charge is 0.317 e. The average molecular weight is 398 g/mol. The maximum Gasteiger partial charge on any atom is 0.123 e. The quantitative estimate of drug-likeness (QED) is 0.453. The van der Waals surface area contributed by atoms with Crippen LogP contribution in [0.5, 0.6) is 0 Å². The maximum absolute atomic E-state index is 13.6. The van der Waals surface area contributed by atoms with Crippen LogP contribution in [0, 0.1) is 12.7 Å². The van der Waals surface area contributed by atoms with E-state index in [0.717, 1.165) is 39.2 Å². The summed E-state index contributed by atoms with van der Waals surface area (Å²) in [5.74, 6) is -0.268. The molecule has 1 atom stereocenters. The van der Waals surface area contributed by atoms with Gasteiger partial charge < -0.3 is 4.57 Å². The third-order valence-electron chi connectivity index (χ3n) is 5.28. The van der Waals surface area contributed by atoms with Crippen molar-refractivity contribution in [2.45, 2.75) is 13.0 Å². The highest BCUT2D eigenvalue weighted by atomic mass is 19.1. The topological polar surface area (TPSA) is 61.4 Å². The van der Waals surface area contributed by atoms with Crippen molar-refractivity contribution in [1.82, 2.24) is 29.5 Å². The minimum absolute atomic E-state index is 0.238. The number of fused-ring (bicyclic) bond motifs is 1. The smallest absolute Gasteiger partial charge is 0.123 e. The fourth-order valence-electron chi connectivity index (χ4n) is 3.89. The van der Waals surface area contributed by atoms with Crippen LogP contribution in [-0.4, -0.2) is 29.5 Å². The number of imidazole rings is 1. The molecule has 0 N–H and O–H groups in total. The predicted molar refractivity (Wildman–Crippen MR) is 112 cm³/mol. The summed E-state index contributed by atoms with van der Waals surface area (Å²) < 4.78 is 17.4. The number of aryl methyl sites for hydroxylation is 2. The Labute approximate surface area is 172 Å².